The van der Waals surface area contributed by atoms with Crippen LogP contribution in [0, 0.1) is 0 Å². The highest BCUT2D eigenvalue weighted by molar-refractivity contribution is 9.10. The third-order valence-corrected chi connectivity index (χ3v) is 4.33. The molecule has 1 fully saturated rings. The summed E-state index contributed by atoms with van der Waals surface area (Å²) in [4.78, 5) is 0. The van der Waals surface area contributed by atoms with E-state index in [4.69, 9.17) is 18.9 Å². The monoisotopic (exact) mass is 392 g/mol. The molecule has 2 aromatic carbocycles. The lowest BCUT2D eigenvalue weighted by atomic mass is 10.2. The van der Waals surface area contributed by atoms with Gasteiger partial charge >= 0.3 is 0 Å². The first-order chi connectivity index (χ1) is 11.7. The average molecular weight is 393 g/mol. The molecular formula is C19H21BrO4. The van der Waals surface area contributed by atoms with Crippen LogP contribution in [-0.2, 0) is 27.4 Å². The van der Waals surface area contributed by atoms with E-state index in [0.29, 0.717) is 19.8 Å². The van der Waals surface area contributed by atoms with Gasteiger partial charge in [-0.25, -0.2) is 0 Å². The molecule has 4 nitrogen and oxygen atoms in total. The second kappa shape index (κ2) is 8.62. The molecule has 1 aliphatic rings. The Balaban J connectivity index is 1.45. The molecule has 1 saturated heterocycles. The Morgan fingerprint density at radius 3 is 2.58 bits per heavy atom. The number of hydrogen-bond acceptors (Lipinski definition) is 4. The second-order valence-electron chi connectivity index (χ2n) is 5.71. The molecule has 1 heterocycles. The third kappa shape index (κ3) is 5.31. The molecule has 0 bridgehead atoms. The molecule has 0 radical (unpaired) electrons. The molecule has 5 heteroatoms. The summed E-state index contributed by atoms with van der Waals surface area (Å²) in [6.07, 6.45) is 0.107. The van der Waals surface area contributed by atoms with Gasteiger partial charge in [0.15, 0.2) is 0 Å². The molecule has 0 aliphatic carbocycles. The van der Waals surface area contributed by atoms with Crippen molar-refractivity contribution < 1.29 is 18.9 Å². The van der Waals surface area contributed by atoms with Crippen LogP contribution >= 0.6 is 15.9 Å². The minimum absolute atomic E-state index is 0.0396. The van der Waals surface area contributed by atoms with Crippen LogP contribution in [0.5, 0.6) is 5.75 Å². The van der Waals surface area contributed by atoms with Gasteiger partial charge in [0.25, 0.3) is 0 Å². The van der Waals surface area contributed by atoms with Crippen molar-refractivity contribution in [2.45, 2.75) is 25.4 Å². The van der Waals surface area contributed by atoms with Crippen LogP contribution in [0.4, 0.5) is 0 Å². The summed E-state index contributed by atoms with van der Waals surface area (Å²) in [6, 6.07) is 16.0. The van der Waals surface area contributed by atoms with Gasteiger partial charge < -0.3 is 18.9 Å². The number of hydrogen-bond donors (Lipinski definition) is 0. The number of epoxide rings is 1. The van der Waals surface area contributed by atoms with Gasteiger partial charge in [-0.3, -0.25) is 0 Å². The Labute approximate surface area is 150 Å². The van der Waals surface area contributed by atoms with Crippen LogP contribution in [0.3, 0.4) is 0 Å². The Bertz CT molecular complexity index is 640. The summed E-state index contributed by atoms with van der Waals surface area (Å²) in [5, 5.41) is 0. The quantitative estimate of drug-likeness (QED) is 0.605. The zero-order valence-electron chi connectivity index (χ0n) is 13.6. The van der Waals surface area contributed by atoms with E-state index in [1.807, 2.05) is 42.5 Å². The molecule has 2 atom stereocenters. The van der Waals surface area contributed by atoms with E-state index < -0.39 is 0 Å². The maximum Gasteiger partial charge on any atom is 0.118 e. The first-order valence-electron chi connectivity index (χ1n) is 7.93. The summed E-state index contributed by atoms with van der Waals surface area (Å²) < 4.78 is 23.4. The van der Waals surface area contributed by atoms with Crippen LogP contribution in [0.25, 0.3) is 0 Å². The van der Waals surface area contributed by atoms with Crippen molar-refractivity contribution in [2.24, 2.45) is 0 Å². The molecule has 0 amide bonds. The van der Waals surface area contributed by atoms with Crippen LogP contribution in [0.1, 0.15) is 11.1 Å². The number of ether oxygens (including phenoxy) is 4. The molecule has 24 heavy (non-hydrogen) atoms. The minimum Gasteiger partial charge on any atom is -0.497 e. The molecule has 0 saturated carbocycles. The van der Waals surface area contributed by atoms with E-state index >= 15 is 0 Å². The lowest BCUT2D eigenvalue weighted by Crippen LogP contribution is -2.25. The van der Waals surface area contributed by atoms with Crippen molar-refractivity contribution in [1.82, 2.24) is 0 Å². The van der Waals surface area contributed by atoms with E-state index in [2.05, 4.69) is 22.0 Å². The fourth-order valence-corrected chi connectivity index (χ4v) is 2.82. The van der Waals surface area contributed by atoms with E-state index in [1.54, 1.807) is 7.11 Å². The molecule has 0 spiro atoms. The zero-order valence-corrected chi connectivity index (χ0v) is 15.2. The normalized spacial score (nSPS) is 17.5. The van der Waals surface area contributed by atoms with E-state index in [-0.39, 0.29) is 12.2 Å². The van der Waals surface area contributed by atoms with Crippen molar-refractivity contribution in [1.29, 1.82) is 0 Å². The number of rotatable bonds is 9. The second-order valence-corrected chi connectivity index (χ2v) is 6.63. The van der Waals surface area contributed by atoms with Crippen molar-refractivity contribution in [3.05, 3.63) is 64.1 Å². The molecule has 0 unspecified atom stereocenters. The SMILES string of the molecule is COc1ccc(COC[C@H](OCc2cccc(Br)c2)[C@H]2CO2)cc1. The van der Waals surface area contributed by atoms with Crippen LogP contribution in [0.2, 0.25) is 0 Å². The summed E-state index contributed by atoms with van der Waals surface area (Å²) in [5.74, 6) is 0.848. The predicted octanol–water partition coefficient (Wildman–Crippen LogP) is 3.96. The molecule has 128 valence electrons. The van der Waals surface area contributed by atoms with E-state index in [0.717, 1.165) is 28.0 Å². The predicted molar refractivity (Wildman–Crippen MR) is 95.1 cm³/mol. The van der Waals surface area contributed by atoms with Crippen molar-refractivity contribution in [3.8, 4) is 5.75 Å². The van der Waals surface area contributed by atoms with E-state index in [9.17, 15) is 0 Å². The van der Waals surface area contributed by atoms with E-state index in [1.165, 1.54) is 0 Å². The summed E-state index contributed by atoms with van der Waals surface area (Å²) in [7, 11) is 1.66. The molecule has 1 aliphatic heterocycles. The fraction of sp³-hybridized carbons (Fsp3) is 0.368. The lowest BCUT2D eigenvalue weighted by Gasteiger charge is -2.16. The Morgan fingerprint density at radius 1 is 1.12 bits per heavy atom. The highest BCUT2D eigenvalue weighted by atomic mass is 79.9. The highest BCUT2D eigenvalue weighted by Gasteiger charge is 2.33. The van der Waals surface area contributed by atoms with Crippen LogP contribution in [0.15, 0.2) is 53.0 Å². The van der Waals surface area contributed by atoms with Crippen LogP contribution < -0.4 is 4.74 Å². The maximum absolute atomic E-state index is 5.99. The van der Waals surface area contributed by atoms with Crippen molar-refractivity contribution >= 4 is 15.9 Å². The van der Waals surface area contributed by atoms with Crippen molar-refractivity contribution in [2.75, 3.05) is 20.3 Å². The highest BCUT2D eigenvalue weighted by Crippen LogP contribution is 2.21. The molecule has 0 N–H and O–H groups in total. The smallest absolute Gasteiger partial charge is 0.118 e. The van der Waals surface area contributed by atoms with Gasteiger partial charge in [-0.15, -0.1) is 0 Å². The van der Waals surface area contributed by atoms with Gasteiger partial charge in [0.1, 0.15) is 18.0 Å². The average Bonchev–Trinajstić information content (AvgIpc) is 3.43. The Hall–Kier alpha value is -1.40. The summed E-state index contributed by atoms with van der Waals surface area (Å²) in [6.45, 7) is 2.36. The molecule has 2 aromatic rings. The number of methoxy groups -OCH3 is 1. The van der Waals surface area contributed by atoms with Crippen LogP contribution in [-0.4, -0.2) is 32.5 Å². The molecule has 0 aromatic heterocycles. The standard InChI is InChI=1S/C19H21BrO4/c1-21-17-7-5-14(6-8-17)10-22-12-18(19-13-24-19)23-11-15-3-2-4-16(20)9-15/h2-9,18-19H,10-13H2,1H3/t18-,19+/m0/s1. The number of benzene rings is 2. The minimum atomic E-state index is -0.0396. The Morgan fingerprint density at radius 2 is 1.92 bits per heavy atom. The zero-order chi connectivity index (χ0) is 16.8. The first kappa shape index (κ1) is 17.4. The van der Waals surface area contributed by atoms with Gasteiger partial charge in [0.05, 0.1) is 33.5 Å². The Kier molecular flexibility index (Phi) is 6.26. The topological polar surface area (TPSA) is 40.2 Å². The summed E-state index contributed by atoms with van der Waals surface area (Å²) >= 11 is 3.47. The summed E-state index contributed by atoms with van der Waals surface area (Å²) in [5.41, 5.74) is 2.24. The third-order valence-electron chi connectivity index (χ3n) is 3.84. The van der Waals surface area contributed by atoms with Gasteiger partial charge in [0, 0.05) is 4.47 Å². The van der Waals surface area contributed by atoms with Gasteiger partial charge in [-0.05, 0) is 35.4 Å². The largest absolute Gasteiger partial charge is 0.497 e. The maximum atomic E-state index is 5.99. The van der Waals surface area contributed by atoms with Crippen molar-refractivity contribution in [3.63, 3.8) is 0 Å². The lowest BCUT2D eigenvalue weighted by molar-refractivity contribution is -0.0417. The number of halogens is 1. The van der Waals surface area contributed by atoms with Gasteiger partial charge in [0.2, 0.25) is 0 Å². The molecular weight excluding hydrogens is 372 g/mol. The fourth-order valence-electron chi connectivity index (χ4n) is 2.38. The molecule has 3 rings (SSSR count). The van der Waals surface area contributed by atoms with Gasteiger partial charge in [-0.2, -0.15) is 0 Å². The first-order valence-corrected chi connectivity index (χ1v) is 8.72. The van der Waals surface area contributed by atoms with Gasteiger partial charge in [-0.1, -0.05) is 40.2 Å².